The first-order valence-electron chi connectivity index (χ1n) is 6.08. The average Bonchev–Trinajstić information content (AvgIpc) is 2.27. The quantitative estimate of drug-likeness (QED) is 0.352. The first-order chi connectivity index (χ1) is 8.03. The molecule has 0 radical (unpaired) electrons. The second kappa shape index (κ2) is 8.07. The lowest BCUT2D eigenvalue weighted by atomic mass is 10.0. The van der Waals surface area contributed by atoms with Crippen LogP contribution >= 0.6 is 30.2 Å². The minimum Gasteiger partial charge on any atom is -0.324 e. The van der Waals surface area contributed by atoms with Crippen LogP contribution in [0.3, 0.4) is 0 Å². The van der Waals surface area contributed by atoms with Crippen molar-refractivity contribution >= 4 is 30.2 Å². The van der Waals surface area contributed by atoms with Crippen molar-refractivity contribution < 1.29 is 14.4 Å². The fraction of sp³-hybridized carbons (Fsp3) is 1.00. The monoisotopic (exact) mass is 376 g/mol. The van der Waals surface area contributed by atoms with Gasteiger partial charge in [-0.15, -0.1) is 0 Å². The van der Waals surface area contributed by atoms with E-state index < -0.39 is 7.60 Å². The number of nitrogens with zero attached hydrogens (tertiary/aromatic N) is 1. The summed E-state index contributed by atoms with van der Waals surface area (Å²) in [7, 11) is -3.82. The van der Waals surface area contributed by atoms with Crippen molar-refractivity contribution in [3.05, 3.63) is 0 Å². The van der Waals surface area contributed by atoms with Gasteiger partial charge in [0, 0.05) is 17.0 Å². The molecule has 7 heteroatoms. The fourth-order valence-corrected chi connectivity index (χ4v) is 3.41. The Kier molecular flexibility index (Phi) is 7.52. The highest BCUT2D eigenvalue weighted by Crippen LogP contribution is 2.34. The third kappa shape index (κ3) is 7.08. The molecule has 0 saturated carbocycles. The summed E-state index contributed by atoms with van der Waals surface area (Å²) in [6.07, 6.45) is 2.89. The summed E-state index contributed by atoms with van der Waals surface area (Å²) in [5.74, 6) is 0. The number of piperidine rings is 1. The van der Waals surface area contributed by atoms with Crippen LogP contribution in [0.15, 0.2) is 0 Å². The lowest BCUT2D eigenvalue weighted by Gasteiger charge is -2.34. The van der Waals surface area contributed by atoms with Crippen molar-refractivity contribution in [3.8, 4) is 0 Å². The molecule has 1 aliphatic rings. The predicted molar refractivity (Wildman–Crippen MR) is 77.9 cm³/mol. The summed E-state index contributed by atoms with van der Waals surface area (Å²) in [6, 6.07) is 0.586. The number of alkyl halides is 1. The highest BCUT2D eigenvalue weighted by molar-refractivity contribution is 14.1. The Morgan fingerprint density at radius 2 is 1.94 bits per heavy atom. The molecule has 0 aromatic heterocycles. The van der Waals surface area contributed by atoms with Crippen LogP contribution in [-0.2, 0) is 4.57 Å². The molecule has 0 amide bonds. The van der Waals surface area contributed by atoms with Gasteiger partial charge in [-0.05, 0) is 38.9 Å². The average molecular weight is 376 g/mol. The van der Waals surface area contributed by atoms with Gasteiger partial charge in [0.1, 0.15) is 0 Å². The zero-order valence-electron chi connectivity index (χ0n) is 10.0. The SMILES string of the molecule is O=P(O)(O)CCCN(CCI)C1CCNCC1. The van der Waals surface area contributed by atoms with E-state index in [1.54, 1.807) is 0 Å². The maximum absolute atomic E-state index is 10.8. The molecule has 3 N–H and O–H groups in total. The second-order valence-corrected chi connectivity index (χ2v) is 7.30. The first kappa shape index (κ1) is 15.9. The predicted octanol–water partition coefficient (Wildman–Crippen LogP) is 1.04. The van der Waals surface area contributed by atoms with E-state index in [2.05, 4.69) is 32.8 Å². The fourth-order valence-electron chi connectivity index (χ4n) is 2.24. The smallest absolute Gasteiger partial charge is 0.324 e. The second-order valence-electron chi connectivity index (χ2n) is 4.45. The number of hydrogen-bond donors (Lipinski definition) is 3. The largest absolute Gasteiger partial charge is 0.325 e. The van der Waals surface area contributed by atoms with E-state index in [0.29, 0.717) is 12.5 Å². The highest BCUT2D eigenvalue weighted by atomic mass is 127. The topological polar surface area (TPSA) is 72.8 Å². The van der Waals surface area contributed by atoms with E-state index in [9.17, 15) is 4.57 Å². The van der Waals surface area contributed by atoms with E-state index >= 15 is 0 Å². The van der Waals surface area contributed by atoms with E-state index in [1.165, 1.54) is 0 Å². The molecule has 1 rings (SSSR count). The van der Waals surface area contributed by atoms with Gasteiger partial charge in [0.15, 0.2) is 0 Å². The van der Waals surface area contributed by atoms with Crippen LogP contribution in [0.25, 0.3) is 0 Å². The molecule has 0 bridgehead atoms. The molecule has 0 spiro atoms. The molecule has 0 aromatic carbocycles. The van der Waals surface area contributed by atoms with Crippen molar-refractivity contribution in [2.75, 3.05) is 36.8 Å². The number of rotatable bonds is 7. The molecule has 0 aliphatic carbocycles. The molecule has 1 fully saturated rings. The van der Waals surface area contributed by atoms with Gasteiger partial charge in [0.2, 0.25) is 0 Å². The van der Waals surface area contributed by atoms with Crippen LogP contribution in [0.2, 0.25) is 0 Å². The van der Waals surface area contributed by atoms with Gasteiger partial charge in [-0.2, -0.15) is 0 Å². The maximum Gasteiger partial charge on any atom is 0.325 e. The van der Waals surface area contributed by atoms with Gasteiger partial charge in [-0.3, -0.25) is 9.46 Å². The lowest BCUT2D eigenvalue weighted by molar-refractivity contribution is 0.172. The third-order valence-electron chi connectivity index (χ3n) is 3.09. The minimum absolute atomic E-state index is 0.00964. The number of hydrogen-bond acceptors (Lipinski definition) is 3. The molecule has 1 saturated heterocycles. The van der Waals surface area contributed by atoms with E-state index in [-0.39, 0.29) is 6.16 Å². The maximum atomic E-state index is 10.8. The van der Waals surface area contributed by atoms with Crippen LogP contribution in [0.4, 0.5) is 0 Å². The van der Waals surface area contributed by atoms with Crippen LogP contribution in [-0.4, -0.2) is 57.5 Å². The summed E-state index contributed by atoms with van der Waals surface area (Å²) in [6.45, 7) is 3.94. The van der Waals surface area contributed by atoms with Crippen LogP contribution < -0.4 is 5.32 Å². The first-order valence-corrected chi connectivity index (χ1v) is 9.40. The number of halogens is 1. The molecular formula is C10H22IN2O3P. The highest BCUT2D eigenvalue weighted by Gasteiger charge is 2.21. The zero-order chi connectivity index (χ0) is 12.7. The Bertz CT molecular complexity index is 256. The van der Waals surface area contributed by atoms with E-state index in [0.717, 1.165) is 43.4 Å². The minimum atomic E-state index is -3.82. The summed E-state index contributed by atoms with van der Waals surface area (Å²) in [4.78, 5) is 20.1. The number of nitrogens with one attached hydrogen (secondary N) is 1. The molecular weight excluding hydrogens is 354 g/mol. The van der Waals surface area contributed by atoms with Crippen molar-refractivity contribution in [2.45, 2.75) is 25.3 Å². The van der Waals surface area contributed by atoms with Crippen molar-refractivity contribution in [3.63, 3.8) is 0 Å². The Morgan fingerprint density at radius 1 is 1.29 bits per heavy atom. The Balaban J connectivity index is 2.34. The van der Waals surface area contributed by atoms with Crippen LogP contribution in [0, 0.1) is 0 Å². The Labute approximate surface area is 117 Å². The van der Waals surface area contributed by atoms with Gasteiger partial charge in [-0.1, -0.05) is 22.6 Å². The summed E-state index contributed by atoms with van der Waals surface area (Å²) in [5, 5.41) is 3.34. The summed E-state index contributed by atoms with van der Waals surface area (Å²) in [5.41, 5.74) is 0. The van der Waals surface area contributed by atoms with Crippen LogP contribution in [0.5, 0.6) is 0 Å². The van der Waals surface area contributed by atoms with Crippen molar-refractivity contribution in [1.29, 1.82) is 0 Å². The van der Waals surface area contributed by atoms with Crippen molar-refractivity contribution in [1.82, 2.24) is 10.2 Å². The van der Waals surface area contributed by atoms with Gasteiger partial charge in [0.25, 0.3) is 0 Å². The molecule has 0 aromatic rings. The van der Waals surface area contributed by atoms with E-state index in [1.807, 2.05) is 0 Å². The Morgan fingerprint density at radius 3 is 2.47 bits per heavy atom. The standard InChI is InChI=1S/C10H22IN2O3P/c11-4-8-13(7-1-9-17(14,15)16)10-2-5-12-6-3-10/h10,12H,1-9H2,(H2,14,15,16). The zero-order valence-corrected chi connectivity index (χ0v) is 13.1. The summed E-state index contributed by atoms with van der Waals surface area (Å²) >= 11 is 2.36. The molecule has 0 atom stereocenters. The van der Waals surface area contributed by atoms with E-state index in [4.69, 9.17) is 9.79 Å². The molecule has 1 aliphatic heterocycles. The van der Waals surface area contributed by atoms with Gasteiger partial charge < -0.3 is 15.1 Å². The molecule has 5 nitrogen and oxygen atoms in total. The van der Waals surface area contributed by atoms with Gasteiger partial charge >= 0.3 is 7.60 Å². The molecule has 0 unspecified atom stereocenters. The van der Waals surface area contributed by atoms with Gasteiger partial charge in [-0.25, -0.2) is 0 Å². The molecule has 102 valence electrons. The molecule has 17 heavy (non-hydrogen) atoms. The lowest BCUT2D eigenvalue weighted by Crippen LogP contribution is -2.44. The Hall–Kier alpha value is 0.800. The van der Waals surface area contributed by atoms with Gasteiger partial charge in [0.05, 0.1) is 6.16 Å². The summed E-state index contributed by atoms with van der Waals surface area (Å²) < 4.78 is 11.9. The van der Waals surface area contributed by atoms with Crippen molar-refractivity contribution in [2.24, 2.45) is 0 Å². The third-order valence-corrected chi connectivity index (χ3v) is 4.47. The normalized spacial score (nSPS) is 18.8. The molecule has 1 heterocycles. The van der Waals surface area contributed by atoms with Crippen LogP contribution in [0.1, 0.15) is 19.3 Å².